The maximum Gasteiger partial charge on any atom is 0.136 e. The van der Waals surface area contributed by atoms with Gasteiger partial charge in [-0.1, -0.05) is 18.2 Å². The highest BCUT2D eigenvalue weighted by Crippen LogP contribution is 2.28. The molecule has 0 nitrogen and oxygen atoms in total. The van der Waals surface area contributed by atoms with Gasteiger partial charge in [0.2, 0.25) is 0 Å². The molecule has 88 valence electrons. The average molecular weight is 236 g/mol. The summed E-state index contributed by atoms with van der Waals surface area (Å²) < 4.78 is 39.9. The Morgan fingerprint density at radius 2 is 1.35 bits per heavy atom. The standard InChI is InChI=1S/C14H11F3/c1-8-3-4-10(5-9(8)2)14-12(16)6-11(15)7-13(14)17/h3-7H,1-2H3. The van der Waals surface area contributed by atoms with Crippen molar-refractivity contribution >= 4 is 0 Å². The van der Waals surface area contributed by atoms with Gasteiger partial charge in [0, 0.05) is 12.1 Å². The summed E-state index contributed by atoms with van der Waals surface area (Å²) in [6.45, 7) is 3.77. The van der Waals surface area contributed by atoms with Crippen LogP contribution in [-0.2, 0) is 0 Å². The highest BCUT2D eigenvalue weighted by molar-refractivity contribution is 5.66. The van der Waals surface area contributed by atoms with E-state index >= 15 is 0 Å². The van der Waals surface area contributed by atoms with Gasteiger partial charge in [-0.25, -0.2) is 13.2 Å². The smallest absolute Gasteiger partial charge is 0.136 e. The first kappa shape index (κ1) is 11.7. The summed E-state index contributed by atoms with van der Waals surface area (Å²) >= 11 is 0. The molecule has 2 aromatic carbocycles. The molecule has 2 rings (SSSR count). The van der Waals surface area contributed by atoms with E-state index in [1.165, 1.54) is 0 Å². The van der Waals surface area contributed by atoms with Gasteiger partial charge in [0.05, 0.1) is 5.56 Å². The molecule has 0 aliphatic carbocycles. The van der Waals surface area contributed by atoms with Crippen molar-refractivity contribution in [2.75, 3.05) is 0 Å². The molecule has 0 spiro atoms. The zero-order chi connectivity index (χ0) is 12.6. The first-order chi connectivity index (χ1) is 7.99. The van der Waals surface area contributed by atoms with E-state index in [4.69, 9.17) is 0 Å². The number of aryl methyl sites for hydroxylation is 2. The molecule has 0 N–H and O–H groups in total. The lowest BCUT2D eigenvalue weighted by atomic mass is 9.99. The summed E-state index contributed by atoms with van der Waals surface area (Å²) in [5.74, 6) is -2.68. The van der Waals surface area contributed by atoms with Gasteiger partial charge < -0.3 is 0 Å². The van der Waals surface area contributed by atoms with E-state index in [0.717, 1.165) is 11.1 Å². The largest absolute Gasteiger partial charge is 0.207 e. The van der Waals surface area contributed by atoms with E-state index in [-0.39, 0.29) is 5.56 Å². The van der Waals surface area contributed by atoms with Crippen molar-refractivity contribution in [3.63, 3.8) is 0 Å². The fraction of sp³-hybridized carbons (Fsp3) is 0.143. The Morgan fingerprint density at radius 3 is 1.88 bits per heavy atom. The molecule has 0 amide bonds. The average Bonchev–Trinajstić information content (AvgIpc) is 2.21. The Morgan fingerprint density at radius 1 is 0.765 bits per heavy atom. The quantitative estimate of drug-likeness (QED) is 0.689. The van der Waals surface area contributed by atoms with Crippen LogP contribution in [-0.4, -0.2) is 0 Å². The summed E-state index contributed by atoms with van der Waals surface area (Å²) in [6.07, 6.45) is 0. The lowest BCUT2D eigenvalue weighted by Gasteiger charge is -2.08. The Bertz CT molecular complexity index is 551. The zero-order valence-corrected chi connectivity index (χ0v) is 9.52. The number of rotatable bonds is 1. The molecule has 0 saturated carbocycles. The third-order valence-corrected chi connectivity index (χ3v) is 2.80. The molecule has 0 atom stereocenters. The van der Waals surface area contributed by atoms with Gasteiger partial charge in [-0.3, -0.25) is 0 Å². The van der Waals surface area contributed by atoms with E-state index in [1.807, 2.05) is 13.8 Å². The van der Waals surface area contributed by atoms with E-state index in [2.05, 4.69) is 0 Å². The minimum Gasteiger partial charge on any atom is -0.207 e. The van der Waals surface area contributed by atoms with Crippen molar-refractivity contribution in [1.82, 2.24) is 0 Å². The van der Waals surface area contributed by atoms with Crippen molar-refractivity contribution in [1.29, 1.82) is 0 Å². The molecule has 2 aromatic rings. The minimum absolute atomic E-state index is 0.186. The van der Waals surface area contributed by atoms with Crippen LogP contribution in [0.5, 0.6) is 0 Å². The Balaban J connectivity index is 2.64. The number of hydrogen-bond acceptors (Lipinski definition) is 0. The molecule has 0 fully saturated rings. The monoisotopic (exact) mass is 236 g/mol. The van der Waals surface area contributed by atoms with Gasteiger partial charge in [-0.2, -0.15) is 0 Å². The fourth-order valence-corrected chi connectivity index (χ4v) is 1.71. The maximum absolute atomic E-state index is 13.5. The van der Waals surface area contributed by atoms with Crippen LogP contribution < -0.4 is 0 Å². The Kier molecular flexibility index (Phi) is 2.92. The van der Waals surface area contributed by atoms with Gasteiger partial charge in [-0.05, 0) is 30.5 Å². The predicted octanol–water partition coefficient (Wildman–Crippen LogP) is 4.39. The van der Waals surface area contributed by atoms with Gasteiger partial charge in [-0.15, -0.1) is 0 Å². The molecule has 0 radical (unpaired) electrons. The van der Waals surface area contributed by atoms with Crippen LogP contribution in [0.3, 0.4) is 0 Å². The second-order valence-corrected chi connectivity index (χ2v) is 4.04. The molecule has 0 aliphatic heterocycles. The summed E-state index contributed by atoms with van der Waals surface area (Å²) in [7, 11) is 0. The van der Waals surface area contributed by atoms with Crippen LogP contribution in [0, 0.1) is 31.3 Å². The summed E-state index contributed by atoms with van der Waals surface area (Å²) in [4.78, 5) is 0. The molecular formula is C14H11F3. The van der Waals surface area contributed by atoms with Crippen LogP contribution in [0.15, 0.2) is 30.3 Å². The van der Waals surface area contributed by atoms with E-state index in [0.29, 0.717) is 17.7 Å². The summed E-state index contributed by atoms with van der Waals surface area (Å²) in [5, 5.41) is 0. The highest BCUT2D eigenvalue weighted by atomic mass is 19.1. The zero-order valence-electron chi connectivity index (χ0n) is 9.52. The van der Waals surface area contributed by atoms with Crippen molar-refractivity contribution in [2.24, 2.45) is 0 Å². The summed E-state index contributed by atoms with van der Waals surface area (Å²) in [6, 6.07) is 6.48. The molecule has 0 unspecified atom stereocenters. The van der Waals surface area contributed by atoms with Gasteiger partial charge in [0.15, 0.2) is 0 Å². The lowest BCUT2D eigenvalue weighted by Crippen LogP contribution is -1.93. The number of benzene rings is 2. The van der Waals surface area contributed by atoms with E-state index < -0.39 is 17.5 Å². The van der Waals surface area contributed by atoms with Crippen molar-refractivity contribution in [3.8, 4) is 11.1 Å². The lowest BCUT2D eigenvalue weighted by molar-refractivity contribution is 0.548. The predicted molar refractivity (Wildman–Crippen MR) is 61.2 cm³/mol. The van der Waals surface area contributed by atoms with E-state index in [1.54, 1.807) is 18.2 Å². The number of hydrogen-bond donors (Lipinski definition) is 0. The van der Waals surface area contributed by atoms with Crippen LogP contribution in [0.2, 0.25) is 0 Å². The molecular weight excluding hydrogens is 225 g/mol. The van der Waals surface area contributed by atoms with Crippen molar-refractivity contribution < 1.29 is 13.2 Å². The second kappa shape index (κ2) is 4.24. The summed E-state index contributed by atoms with van der Waals surface area (Å²) in [5.41, 5.74) is 2.21. The first-order valence-electron chi connectivity index (χ1n) is 5.21. The highest BCUT2D eigenvalue weighted by Gasteiger charge is 2.13. The molecule has 0 heterocycles. The van der Waals surface area contributed by atoms with Crippen LogP contribution in [0.4, 0.5) is 13.2 Å². The molecule has 0 bridgehead atoms. The van der Waals surface area contributed by atoms with Crippen LogP contribution in [0.1, 0.15) is 11.1 Å². The van der Waals surface area contributed by atoms with Crippen LogP contribution in [0.25, 0.3) is 11.1 Å². The molecule has 0 saturated heterocycles. The third kappa shape index (κ3) is 2.18. The Hall–Kier alpha value is -1.77. The second-order valence-electron chi connectivity index (χ2n) is 4.04. The topological polar surface area (TPSA) is 0 Å². The SMILES string of the molecule is Cc1ccc(-c2c(F)cc(F)cc2F)cc1C. The minimum atomic E-state index is -0.910. The molecule has 3 heteroatoms. The van der Waals surface area contributed by atoms with Gasteiger partial charge in [0.25, 0.3) is 0 Å². The van der Waals surface area contributed by atoms with Gasteiger partial charge in [0.1, 0.15) is 17.5 Å². The Labute approximate surface area is 97.7 Å². The van der Waals surface area contributed by atoms with Crippen molar-refractivity contribution in [2.45, 2.75) is 13.8 Å². The molecule has 0 aliphatic rings. The fourth-order valence-electron chi connectivity index (χ4n) is 1.71. The third-order valence-electron chi connectivity index (χ3n) is 2.80. The van der Waals surface area contributed by atoms with Crippen molar-refractivity contribution in [3.05, 3.63) is 58.9 Å². The molecule has 17 heavy (non-hydrogen) atoms. The number of halogens is 3. The first-order valence-corrected chi connectivity index (χ1v) is 5.21. The van der Waals surface area contributed by atoms with E-state index in [9.17, 15) is 13.2 Å². The van der Waals surface area contributed by atoms with Crippen LogP contribution >= 0.6 is 0 Å². The maximum atomic E-state index is 13.5. The molecule has 0 aromatic heterocycles. The van der Waals surface area contributed by atoms with Gasteiger partial charge >= 0.3 is 0 Å². The normalized spacial score (nSPS) is 10.6.